The largest absolute Gasteiger partial charge is 0.372 e. The minimum Gasteiger partial charge on any atom is -0.372 e. The van der Waals surface area contributed by atoms with Crippen LogP contribution >= 0.6 is 0 Å². The van der Waals surface area contributed by atoms with Crippen LogP contribution in [0.1, 0.15) is 31.2 Å². The van der Waals surface area contributed by atoms with E-state index in [1.807, 2.05) is 18.2 Å². The van der Waals surface area contributed by atoms with Gasteiger partial charge >= 0.3 is 0 Å². The maximum absolute atomic E-state index is 6.02. The summed E-state index contributed by atoms with van der Waals surface area (Å²) in [5.74, 6) is 0. The van der Waals surface area contributed by atoms with E-state index in [1.165, 1.54) is 18.4 Å². The quantitative estimate of drug-likeness (QED) is 0.822. The Bertz CT molecular complexity index is 286. The van der Waals surface area contributed by atoms with Crippen LogP contribution in [0.4, 0.5) is 0 Å². The van der Waals surface area contributed by atoms with Gasteiger partial charge in [-0.05, 0) is 18.4 Å². The lowest BCUT2D eigenvalue weighted by Gasteiger charge is -2.28. The molecule has 1 aromatic carbocycles. The molecule has 82 valence electrons. The second-order valence-electron chi connectivity index (χ2n) is 4.28. The van der Waals surface area contributed by atoms with E-state index in [-0.39, 0.29) is 12.1 Å². The molecule has 0 spiro atoms. The average Bonchev–Trinajstić information content (AvgIpc) is 2.29. The Labute approximate surface area is 91.4 Å². The lowest BCUT2D eigenvalue weighted by Crippen LogP contribution is -2.39. The molecule has 1 aliphatic carbocycles. The molecule has 2 rings (SSSR count). The summed E-state index contributed by atoms with van der Waals surface area (Å²) in [4.78, 5) is 0. The normalized spacial score (nSPS) is 26.5. The van der Waals surface area contributed by atoms with Crippen molar-refractivity contribution < 1.29 is 4.74 Å². The molecular formula is C13H19NO. The van der Waals surface area contributed by atoms with E-state index in [4.69, 9.17) is 10.5 Å². The Morgan fingerprint density at radius 2 is 1.87 bits per heavy atom. The van der Waals surface area contributed by atoms with Crippen molar-refractivity contribution in [2.24, 2.45) is 5.73 Å². The van der Waals surface area contributed by atoms with Crippen molar-refractivity contribution in [3.8, 4) is 0 Å². The molecule has 2 atom stereocenters. The molecule has 0 aromatic heterocycles. The summed E-state index contributed by atoms with van der Waals surface area (Å²) < 4.78 is 5.86. The summed E-state index contributed by atoms with van der Waals surface area (Å²) in [5.41, 5.74) is 7.25. The Morgan fingerprint density at radius 1 is 1.13 bits per heavy atom. The molecule has 1 aromatic rings. The lowest BCUT2D eigenvalue weighted by molar-refractivity contribution is 0.00404. The third-order valence-corrected chi connectivity index (χ3v) is 3.06. The van der Waals surface area contributed by atoms with E-state index in [9.17, 15) is 0 Å². The van der Waals surface area contributed by atoms with Gasteiger partial charge in [-0.25, -0.2) is 0 Å². The molecule has 1 saturated carbocycles. The van der Waals surface area contributed by atoms with Gasteiger partial charge in [0.25, 0.3) is 0 Å². The van der Waals surface area contributed by atoms with Crippen LogP contribution in [0.2, 0.25) is 0 Å². The maximum Gasteiger partial charge on any atom is 0.0730 e. The number of benzene rings is 1. The molecular weight excluding hydrogens is 186 g/mol. The zero-order chi connectivity index (χ0) is 10.5. The molecule has 2 heteroatoms. The van der Waals surface area contributed by atoms with Crippen LogP contribution in [0.25, 0.3) is 0 Å². The zero-order valence-electron chi connectivity index (χ0n) is 9.06. The molecule has 0 heterocycles. The third kappa shape index (κ3) is 3.05. The molecule has 0 radical (unpaired) electrons. The molecule has 15 heavy (non-hydrogen) atoms. The Kier molecular flexibility index (Phi) is 3.75. The first-order chi connectivity index (χ1) is 7.36. The van der Waals surface area contributed by atoms with E-state index in [0.717, 1.165) is 12.8 Å². The first kappa shape index (κ1) is 10.7. The number of rotatable bonds is 3. The molecule has 2 N–H and O–H groups in total. The summed E-state index contributed by atoms with van der Waals surface area (Å²) in [6.45, 7) is 0.694. The minimum absolute atomic E-state index is 0.238. The molecule has 1 aliphatic rings. The van der Waals surface area contributed by atoms with Gasteiger partial charge in [0.05, 0.1) is 12.7 Å². The van der Waals surface area contributed by atoms with E-state index in [0.29, 0.717) is 6.61 Å². The van der Waals surface area contributed by atoms with Crippen LogP contribution in [-0.4, -0.2) is 12.1 Å². The van der Waals surface area contributed by atoms with Gasteiger partial charge in [-0.3, -0.25) is 0 Å². The van der Waals surface area contributed by atoms with Crippen molar-refractivity contribution in [2.75, 3.05) is 0 Å². The first-order valence-electron chi connectivity index (χ1n) is 5.77. The van der Waals surface area contributed by atoms with E-state index in [1.54, 1.807) is 0 Å². The second-order valence-corrected chi connectivity index (χ2v) is 4.28. The molecule has 0 bridgehead atoms. The number of hydrogen-bond donors (Lipinski definition) is 1. The summed E-state index contributed by atoms with van der Waals surface area (Å²) in [6.07, 6.45) is 5.01. The molecule has 0 saturated heterocycles. The summed E-state index contributed by atoms with van der Waals surface area (Å²) in [6, 6.07) is 10.5. The summed E-state index contributed by atoms with van der Waals surface area (Å²) >= 11 is 0. The Morgan fingerprint density at radius 3 is 2.60 bits per heavy atom. The molecule has 1 unspecified atom stereocenters. The highest BCUT2D eigenvalue weighted by atomic mass is 16.5. The van der Waals surface area contributed by atoms with Crippen molar-refractivity contribution in [3.63, 3.8) is 0 Å². The monoisotopic (exact) mass is 205 g/mol. The summed E-state index contributed by atoms with van der Waals surface area (Å²) in [5, 5.41) is 0. The topological polar surface area (TPSA) is 35.2 Å². The minimum atomic E-state index is 0.238. The van der Waals surface area contributed by atoms with Gasteiger partial charge in [0.2, 0.25) is 0 Å². The smallest absolute Gasteiger partial charge is 0.0730 e. The number of nitrogens with two attached hydrogens (primary N) is 1. The van der Waals surface area contributed by atoms with Crippen molar-refractivity contribution in [1.82, 2.24) is 0 Å². The van der Waals surface area contributed by atoms with Crippen molar-refractivity contribution in [1.29, 1.82) is 0 Å². The predicted molar refractivity (Wildman–Crippen MR) is 61.5 cm³/mol. The molecule has 0 amide bonds. The van der Waals surface area contributed by atoms with Gasteiger partial charge < -0.3 is 10.5 Å². The Hall–Kier alpha value is -0.860. The number of ether oxygens (including phenoxy) is 1. The Balaban J connectivity index is 1.82. The lowest BCUT2D eigenvalue weighted by atomic mass is 9.93. The molecule has 0 aliphatic heterocycles. The van der Waals surface area contributed by atoms with Crippen LogP contribution in [-0.2, 0) is 11.3 Å². The third-order valence-electron chi connectivity index (χ3n) is 3.06. The highest BCUT2D eigenvalue weighted by Gasteiger charge is 2.21. The SMILES string of the molecule is N[C@H]1CCCCC1OCc1ccccc1. The number of hydrogen-bond acceptors (Lipinski definition) is 2. The van der Waals surface area contributed by atoms with Crippen LogP contribution in [0.5, 0.6) is 0 Å². The van der Waals surface area contributed by atoms with E-state index >= 15 is 0 Å². The second kappa shape index (κ2) is 5.29. The van der Waals surface area contributed by atoms with Crippen LogP contribution in [0, 0.1) is 0 Å². The summed E-state index contributed by atoms with van der Waals surface area (Å²) in [7, 11) is 0. The van der Waals surface area contributed by atoms with E-state index < -0.39 is 0 Å². The van der Waals surface area contributed by atoms with Gasteiger partial charge in [-0.1, -0.05) is 43.2 Å². The predicted octanol–water partition coefficient (Wildman–Crippen LogP) is 2.47. The van der Waals surface area contributed by atoms with Gasteiger partial charge in [0, 0.05) is 6.04 Å². The fourth-order valence-corrected chi connectivity index (χ4v) is 2.11. The van der Waals surface area contributed by atoms with Crippen molar-refractivity contribution in [3.05, 3.63) is 35.9 Å². The van der Waals surface area contributed by atoms with Crippen molar-refractivity contribution >= 4 is 0 Å². The fourth-order valence-electron chi connectivity index (χ4n) is 2.11. The standard InChI is InChI=1S/C13H19NO/c14-12-8-4-5-9-13(12)15-10-11-6-2-1-3-7-11/h1-3,6-7,12-13H,4-5,8-10,14H2/t12-,13?/m0/s1. The molecule has 2 nitrogen and oxygen atoms in total. The highest BCUT2D eigenvalue weighted by Crippen LogP contribution is 2.20. The van der Waals surface area contributed by atoms with Gasteiger partial charge in [0.1, 0.15) is 0 Å². The highest BCUT2D eigenvalue weighted by molar-refractivity contribution is 5.13. The van der Waals surface area contributed by atoms with Gasteiger partial charge in [0.15, 0.2) is 0 Å². The van der Waals surface area contributed by atoms with E-state index in [2.05, 4.69) is 12.1 Å². The van der Waals surface area contributed by atoms with Crippen LogP contribution < -0.4 is 5.73 Å². The zero-order valence-corrected chi connectivity index (χ0v) is 9.06. The first-order valence-corrected chi connectivity index (χ1v) is 5.77. The van der Waals surface area contributed by atoms with Crippen LogP contribution in [0.3, 0.4) is 0 Å². The van der Waals surface area contributed by atoms with Crippen LogP contribution in [0.15, 0.2) is 30.3 Å². The average molecular weight is 205 g/mol. The molecule has 1 fully saturated rings. The fraction of sp³-hybridized carbons (Fsp3) is 0.538. The van der Waals surface area contributed by atoms with Crippen molar-refractivity contribution in [2.45, 2.75) is 44.4 Å². The maximum atomic E-state index is 6.02. The van der Waals surface area contributed by atoms with Gasteiger partial charge in [-0.2, -0.15) is 0 Å². The van der Waals surface area contributed by atoms with Gasteiger partial charge in [-0.15, -0.1) is 0 Å².